The number of carbonyl (C=O) groups excluding carboxylic acids is 1. The molecule has 0 spiro atoms. The molecule has 3 aliphatic rings. The molecule has 0 heterocycles. The minimum Gasteiger partial charge on any atom is -0.392 e. The maximum absolute atomic E-state index is 12.2. The molecule has 2 nitrogen and oxygen atoms in total. The zero-order chi connectivity index (χ0) is 12.4. The minimum atomic E-state index is -0.0444. The Bertz CT molecular complexity index is 405. The van der Waals surface area contributed by atoms with Gasteiger partial charge in [-0.3, -0.25) is 4.79 Å². The van der Waals surface area contributed by atoms with Crippen LogP contribution in [0.4, 0.5) is 0 Å². The van der Waals surface area contributed by atoms with Crippen molar-refractivity contribution in [1.29, 1.82) is 0 Å². The third-order valence-corrected chi connectivity index (χ3v) is 5.70. The fraction of sp³-hybridized carbons (Fsp3) is 0.800. The molecule has 2 heteroatoms. The van der Waals surface area contributed by atoms with Gasteiger partial charge in [0.2, 0.25) is 0 Å². The van der Waals surface area contributed by atoms with E-state index in [2.05, 4.69) is 20.8 Å². The highest BCUT2D eigenvalue weighted by atomic mass is 16.3. The molecule has 3 rings (SSSR count). The van der Waals surface area contributed by atoms with Gasteiger partial charge in [-0.15, -0.1) is 0 Å². The highest BCUT2D eigenvalue weighted by Crippen LogP contribution is 2.69. The maximum Gasteiger partial charge on any atom is 0.161 e. The van der Waals surface area contributed by atoms with E-state index in [4.69, 9.17) is 0 Å². The van der Waals surface area contributed by atoms with Crippen molar-refractivity contribution in [2.45, 2.75) is 40.0 Å². The summed E-state index contributed by atoms with van der Waals surface area (Å²) in [5.74, 6) is 2.72. The first-order chi connectivity index (χ1) is 7.98. The molecule has 94 valence electrons. The van der Waals surface area contributed by atoms with Crippen LogP contribution in [0.3, 0.4) is 0 Å². The molecule has 2 saturated carbocycles. The molecule has 3 aliphatic carbocycles. The van der Waals surface area contributed by atoms with Crippen LogP contribution in [0.15, 0.2) is 11.1 Å². The van der Waals surface area contributed by atoms with Crippen LogP contribution in [-0.4, -0.2) is 17.5 Å². The van der Waals surface area contributed by atoms with Gasteiger partial charge in [-0.1, -0.05) is 26.3 Å². The zero-order valence-electron chi connectivity index (χ0n) is 11.0. The van der Waals surface area contributed by atoms with Crippen molar-refractivity contribution in [3.05, 3.63) is 11.1 Å². The number of Topliss-reactive ketones (excluding diaryl/α,β-unsaturated/α-hetero) is 1. The van der Waals surface area contributed by atoms with E-state index in [0.717, 1.165) is 12.0 Å². The summed E-state index contributed by atoms with van der Waals surface area (Å²) >= 11 is 0. The van der Waals surface area contributed by atoms with E-state index in [1.807, 2.05) is 0 Å². The summed E-state index contributed by atoms with van der Waals surface area (Å²) in [4.78, 5) is 12.2. The molecule has 4 unspecified atom stereocenters. The summed E-state index contributed by atoms with van der Waals surface area (Å²) in [5.41, 5.74) is 2.41. The fourth-order valence-corrected chi connectivity index (χ4v) is 4.58. The molecule has 0 aliphatic heterocycles. The van der Waals surface area contributed by atoms with Gasteiger partial charge in [-0.2, -0.15) is 0 Å². The average Bonchev–Trinajstić information content (AvgIpc) is 2.62. The van der Waals surface area contributed by atoms with Crippen molar-refractivity contribution in [3.8, 4) is 0 Å². The number of carbonyl (C=O) groups is 1. The lowest BCUT2D eigenvalue weighted by molar-refractivity contribution is -0.116. The number of hydrogen-bond donors (Lipinski definition) is 1. The molecule has 1 N–H and O–H groups in total. The van der Waals surface area contributed by atoms with Crippen LogP contribution in [0.25, 0.3) is 0 Å². The van der Waals surface area contributed by atoms with E-state index in [9.17, 15) is 9.90 Å². The first-order valence-corrected chi connectivity index (χ1v) is 6.84. The lowest BCUT2D eigenvalue weighted by atomic mass is 9.84. The number of aliphatic hydroxyl groups is 1. The Labute approximate surface area is 103 Å². The van der Waals surface area contributed by atoms with Gasteiger partial charge in [0, 0.05) is 12.0 Å². The van der Waals surface area contributed by atoms with Crippen molar-refractivity contribution in [3.63, 3.8) is 0 Å². The van der Waals surface area contributed by atoms with Crippen LogP contribution in [-0.2, 0) is 4.79 Å². The largest absolute Gasteiger partial charge is 0.392 e. The zero-order valence-corrected chi connectivity index (χ0v) is 11.0. The molecule has 2 fully saturated rings. The molecule has 0 aromatic heterocycles. The summed E-state index contributed by atoms with van der Waals surface area (Å²) in [6.45, 7) is 6.88. The molecular weight excluding hydrogens is 212 g/mol. The second-order valence-corrected chi connectivity index (χ2v) is 6.78. The van der Waals surface area contributed by atoms with Crippen LogP contribution in [0.1, 0.15) is 40.0 Å². The Hall–Kier alpha value is -0.630. The minimum absolute atomic E-state index is 0.0444. The van der Waals surface area contributed by atoms with Crippen LogP contribution in [0.2, 0.25) is 0 Å². The second kappa shape index (κ2) is 3.44. The van der Waals surface area contributed by atoms with Gasteiger partial charge in [-0.05, 0) is 41.9 Å². The van der Waals surface area contributed by atoms with E-state index < -0.39 is 0 Å². The Morgan fingerprint density at radius 1 is 1.41 bits per heavy atom. The van der Waals surface area contributed by atoms with Crippen LogP contribution >= 0.6 is 0 Å². The summed E-state index contributed by atoms with van der Waals surface area (Å²) in [6.07, 6.45) is 2.89. The number of hydrogen-bond acceptors (Lipinski definition) is 2. The summed E-state index contributed by atoms with van der Waals surface area (Å²) < 4.78 is 0. The smallest absolute Gasteiger partial charge is 0.161 e. The highest BCUT2D eigenvalue weighted by molar-refractivity contribution is 5.97. The molecule has 0 aromatic carbocycles. The van der Waals surface area contributed by atoms with Crippen molar-refractivity contribution in [2.24, 2.45) is 29.1 Å². The van der Waals surface area contributed by atoms with Crippen LogP contribution in [0, 0.1) is 29.1 Å². The molecule has 4 atom stereocenters. The number of aliphatic hydroxyl groups excluding tert-OH is 1. The SMILES string of the molecule is CC1CCC2=C(CO)C(=O)CC3C(C21)C3(C)C. The number of fused-ring (bicyclic) bond motifs is 3. The Morgan fingerprint density at radius 3 is 2.76 bits per heavy atom. The normalized spacial score (nSPS) is 43.2. The van der Waals surface area contributed by atoms with Gasteiger partial charge in [0.25, 0.3) is 0 Å². The fourth-order valence-electron chi connectivity index (χ4n) is 4.58. The average molecular weight is 234 g/mol. The van der Waals surface area contributed by atoms with Crippen LogP contribution < -0.4 is 0 Å². The predicted octanol–water partition coefficient (Wildman–Crippen LogP) is 2.57. The number of rotatable bonds is 1. The topological polar surface area (TPSA) is 37.3 Å². The van der Waals surface area contributed by atoms with Crippen LogP contribution in [0.5, 0.6) is 0 Å². The Balaban J connectivity index is 2.07. The van der Waals surface area contributed by atoms with E-state index in [1.165, 1.54) is 12.0 Å². The van der Waals surface area contributed by atoms with Crippen molar-refractivity contribution < 1.29 is 9.90 Å². The quantitative estimate of drug-likeness (QED) is 0.757. The van der Waals surface area contributed by atoms with Crippen molar-refractivity contribution >= 4 is 5.78 Å². The van der Waals surface area contributed by atoms with Gasteiger partial charge < -0.3 is 5.11 Å². The van der Waals surface area contributed by atoms with E-state index in [-0.39, 0.29) is 12.4 Å². The van der Waals surface area contributed by atoms with Crippen molar-refractivity contribution in [2.75, 3.05) is 6.61 Å². The lowest BCUT2D eigenvalue weighted by Crippen LogP contribution is -2.16. The highest BCUT2D eigenvalue weighted by Gasteiger charge is 2.64. The van der Waals surface area contributed by atoms with E-state index in [1.54, 1.807) is 0 Å². The summed E-state index contributed by atoms with van der Waals surface area (Å²) in [6, 6.07) is 0. The Kier molecular flexibility index (Phi) is 2.32. The molecule has 0 bridgehead atoms. The molecule has 17 heavy (non-hydrogen) atoms. The molecular formula is C15H22O2. The van der Waals surface area contributed by atoms with Gasteiger partial charge in [-0.25, -0.2) is 0 Å². The first kappa shape index (κ1) is 11.5. The van der Waals surface area contributed by atoms with Gasteiger partial charge in [0.05, 0.1) is 6.61 Å². The third-order valence-electron chi connectivity index (χ3n) is 5.70. The second-order valence-electron chi connectivity index (χ2n) is 6.78. The van der Waals surface area contributed by atoms with Gasteiger partial charge in [0.1, 0.15) is 0 Å². The van der Waals surface area contributed by atoms with Gasteiger partial charge >= 0.3 is 0 Å². The molecule has 0 amide bonds. The first-order valence-electron chi connectivity index (χ1n) is 6.84. The van der Waals surface area contributed by atoms with E-state index >= 15 is 0 Å². The Morgan fingerprint density at radius 2 is 2.12 bits per heavy atom. The molecule has 0 radical (unpaired) electrons. The van der Waals surface area contributed by atoms with Crippen molar-refractivity contribution in [1.82, 2.24) is 0 Å². The number of ketones is 1. The predicted molar refractivity (Wildman–Crippen MR) is 66.4 cm³/mol. The monoisotopic (exact) mass is 234 g/mol. The molecule has 0 saturated heterocycles. The standard InChI is InChI=1S/C15H22O2/c1-8-4-5-9-10(7-16)12(17)6-11-14(13(8)9)15(11,2)3/h8,11,13-14,16H,4-7H2,1-3H3. The van der Waals surface area contributed by atoms with E-state index in [0.29, 0.717) is 35.5 Å². The maximum atomic E-state index is 12.2. The number of allylic oxidation sites excluding steroid dienone is 1. The summed E-state index contributed by atoms with van der Waals surface area (Å²) in [5, 5.41) is 9.47. The van der Waals surface area contributed by atoms with Gasteiger partial charge in [0.15, 0.2) is 5.78 Å². The lowest BCUT2D eigenvalue weighted by Gasteiger charge is -2.20. The third kappa shape index (κ3) is 1.40. The summed E-state index contributed by atoms with van der Waals surface area (Å²) in [7, 11) is 0. The molecule has 0 aromatic rings.